The van der Waals surface area contributed by atoms with E-state index in [-0.39, 0.29) is 23.6 Å². The third-order valence-electron chi connectivity index (χ3n) is 2.83. The quantitative estimate of drug-likeness (QED) is 0.753. The Kier molecular flexibility index (Phi) is 3.19. The monoisotopic (exact) mass is 291 g/mol. The number of hydrogen-bond acceptors (Lipinski definition) is 5. The first-order valence-corrected chi connectivity index (χ1v) is 6.84. The minimum Gasteiger partial charge on any atom is -0.461 e. The molecule has 0 radical (unpaired) electrons. The van der Waals surface area contributed by atoms with E-state index in [0.717, 1.165) is 5.39 Å². The van der Waals surface area contributed by atoms with Crippen LogP contribution in [0.25, 0.3) is 21.3 Å². The molecule has 0 saturated heterocycles. The Morgan fingerprint density at radius 2 is 2.25 bits per heavy atom. The fourth-order valence-corrected chi connectivity index (χ4v) is 2.78. The summed E-state index contributed by atoms with van der Waals surface area (Å²) < 4.78 is 19.9. The van der Waals surface area contributed by atoms with Crippen molar-refractivity contribution in [3.8, 4) is 11.3 Å². The van der Waals surface area contributed by atoms with Gasteiger partial charge in [-0.25, -0.2) is 9.18 Å². The van der Waals surface area contributed by atoms with Crippen molar-refractivity contribution in [2.24, 2.45) is 0 Å². The van der Waals surface area contributed by atoms with Crippen LogP contribution < -0.4 is 0 Å². The molecule has 7 heteroatoms. The number of thiophene rings is 1. The van der Waals surface area contributed by atoms with Crippen LogP contribution in [0.15, 0.2) is 23.6 Å². The van der Waals surface area contributed by atoms with E-state index in [2.05, 4.69) is 15.4 Å². The number of aromatic amines is 1. The van der Waals surface area contributed by atoms with Crippen molar-refractivity contribution in [1.82, 2.24) is 15.4 Å². The molecule has 2 aromatic heterocycles. The molecule has 0 bridgehead atoms. The Morgan fingerprint density at radius 1 is 1.40 bits per heavy atom. The van der Waals surface area contributed by atoms with Crippen LogP contribution in [-0.4, -0.2) is 28.0 Å². The maximum absolute atomic E-state index is 14.5. The molecule has 1 aromatic carbocycles. The van der Waals surface area contributed by atoms with Crippen molar-refractivity contribution in [2.45, 2.75) is 6.92 Å². The molecular weight excluding hydrogens is 281 g/mol. The second kappa shape index (κ2) is 5.01. The van der Waals surface area contributed by atoms with E-state index in [4.69, 9.17) is 4.74 Å². The Labute approximate surface area is 117 Å². The number of ether oxygens (including phenoxy) is 1. The predicted molar refractivity (Wildman–Crippen MR) is 73.1 cm³/mol. The van der Waals surface area contributed by atoms with E-state index >= 15 is 0 Å². The first-order chi connectivity index (χ1) is 9.72. The second-order valence-corrected chi connectivity index (χ2v) is 4.92. The van der Waals surface area contributed by atoms with Gasteiger partial charge in [-0.15, -0.1) is 16.4 Å². The lowest BCUT2D eigenvalue weighted by Gasteiger charge is -2.03. The summed E-state index contributed by atoms with van der Waals surface area (Å²) >= 11 is 1.30. The standard InChI is InChI=1S/C13H10FN3O2S/c1-2-19-13(18)11-10(15-17-16-11)8-4-3-7-5-6-20-12(7)9(8)14/h3-6H,2H2,1H3,(H,15,16,17). The summed E-state index contributed by atoms with van der Waals surface area (Å²) in [5, 5.41) is 12.6. The third kappa shape index (κ3) is 1.96. The zero-order chi connectivity index (χ0) is 14.1. The van der Waals surface area contributed by atoms with Crippen molar-refractivity contribution in [3.63, 3.8) is 0 Å². The highest BCUT2D eigenvalue weighted by atomic mass is 32.1. The summed E-state index contributed by atoms with van der Waals surface area (Å²) in [6.45, 7) is 1.91. The molecule has 1 N–H and O–H groups in total. The van der Waals surface area contributed by atoms with Crippen molar-refractivity contribution < 1.29 is 13.9 Å². The number of carbonyl (C=O) groups excluding carboxylic acids is 1. The smallest absolute Gasteiger partial charge is 0.361 e. The summed E-state index contributed by atoms with van der Waals surface area (Å²) in [4.78, 5) is 11.8. The molecular formula is C13H10FN3O2S. The van der Waals surface area contributed by atoms with E-state index in [1.54, 1.807) is 19.1 Å². The maximum Gasteiger partial charge on any atom is 0.361 e. The lowest BCUT2D eigenvalue weighted by molar-refractivity contribution is 0.0520. The molecule has 5 nitrogen and oxygen atoms in total. The Bertz CT molecular complexity index is 781. The lowest BCUT2D eigenvalue weighted by atomic mass is 10.1. The molecule has 0 atom stereocenters. The van der Waals surface area contributed by atoms with Crippen LogP contribution in [0.1, 0.15) is 17.4 Å². The number of hydrogen-bond donors (Lipinski definition) is 1. The van der Waals surface area contributed by atoms with Crippen molar-refractivity contribution in [2.75, 3.05) is 6.61 Å². The molecule has 0 aliphatic carbocycles. The molecule has 0 unspecified atom stereocenters. The highest BCUT2D eigenvalue weighted by Crippen LogP contribution is 2.32. The zero-order valence-electron chi connectivity index (χ0n) is 10.5. The van der Waals surface area contributed by atoms with Gasteiger partial charge in [0, 0.05) is 5.56 Å². The van der Waals surface area contributed by atoms with E-state index in [1.165, 1.54) is 11.3 Å². The Hall–Kier alpha value is -2.28. The van der Waals surface area contributed by atoms with Gasteiger partial charge in [0.15, 0.2) is 11.5 Å². The number of benzene rings is 1. The molecule has 3 aromatic rings. The summed E-state index contributed by atoms with van der Waals surface area (Å²) in [5.74, 6) is -1.03. The van der Waals surface area contributed by atoms with Crippen molar-refractivity contribution in [1.29, 1.82) is 0 Å². The van der Waals surface area contributed by atoms with Crippen LogP contribution in [0, 0.1) is 5.82 Å². The van der Waals surface area contributed by atoms with E-state index in [0.29, 0.717) is 4.70 Å². The van der Waals surface area contributed by atoms with Gasteiger partial charge in [-0.05, 0) is 29.8 Å². The van der Waals surface area contributed by atoms with E-state index in [1.807, 2.05) is 11.4 Å². The predicted octanol–water partition coefficient (Wildman–Crippen LogP) is 3.00. The molecule has 0 spiro atoms. The second-order valence-electron chi connectivity index (χ2n) is 4.01. The largest absolute Gasteiger partial charge is 0.461 e. The summed E-state index contributed by atoms with van der Waals surface area (Å²) in [6, 6.07) is 5.21. The van der Waals surface area contributed by atoms with Gasteiger partial charge in [0.25, 0.3) is 0 Å². The molecule has 3 rings (SSSR count). The fourth-order valence-electron chi connectivity index (χ4n) is 1.94. The molecule has 0 fully saturated rings. The normalized spacial score (nSPS) is 10.9. The van der Waals surface area contributed by atoms with E-state index < -0.39 is 11.8 Å². The first-order valence-electron chi connectivity index (χ1n) is 5.96. The average molecular weight is 291 g/mol. The minimum absolute atomic E-state index is 0.0124. The first kappa shape index (κ1) is 12.7. The molecule has 2 heterocycles. The molecule has 0 saturated carbocycles. The summed E-state index contributed by atoms with van der Waals surface area (Å²) in [5.41, 5.74) is 0.384. The molecule has 0 aliphatic heterocycles. The van der Waals surface area contributed by atoms with Crippen LogP contribution in [0.3, 0.4) is 0 Å². The number of nitrogens with one attached hydrogen (secondary N) is 1. The molecule has 0 aliphatic rings. The number of carbonyl (C=O) groups is 1. The summed E-state index contributed by atoms with van der Waals surface area (Å²) in [7, 11) is 0. The van der Waals surface area contributed by atoms with Gasteiger partial charge in [-0.3, -0.25) is 0 Å². The fraction of sp³-hybridized carbons (Fsp3) is 0.154. The number of esters is 1. The van der Waals surface area contributed by atoms with Crippen LogP contribution in [0.2, 0.25) is 0 Å². The zero-order valence-corrected chi connectivity index (χ0v) is 11.3. The van der Waals surface area contributed by atoms with Gasteiger partial charge in [0.05, 0.1) is 11.3 Å². The van der Waals surface area contributed by atoms with Crippen LogP contribution in [0.4, 0.5) is 4.39 Å². The van der Waals surface area contributed by atoms with Gasteiger partial charge in [-0.2, -0.15) is 10.3 Å². The van der Waals surface area contributed by atoms with Crippen LogP contribution >= 0.6 is 11.3 Å². The molecule has 102 valence electrons. The average Bonchev–Trinajstić information content (AvgIpc) is 3.08. The SMILES string of the molecule is CCOC(=O)c1n[nH]nc1-c1ccc2ccsc2c1F. The number of halogens is 1. The number of aromatic nitrogens is 3. The number of H-pyrrole nitrogens is 1. The topological polar surface area (TPSA) is 67.9 Å². The minimum atomic E-state index is -0.623. The third-order valence-corrected chi connectivity index (χ3v) is 3.76. The van der Waals surface area contributed by atoms with Crippen LogP contribution in [0.5, 0.6) is 0 Å². The molecule has 20 heavy (non-hydrogen) atoms. The van der Waals surface area contributed by atoms with Crippen LogP contribution in [-0.2, 0) is 4.74 Å². The lowest BCUT2D eigenvalue weighted by Crippen LogP contribution is -2.07. The number of fused-ring (bicyclic) bond motifs is 1. The van der Waals surface area contributed by atoms with Gasteiger partial charge < -0.3 is 4.74 Å². The van der Waals surface area contributed by atoms with Gasteiger partial charge in [0.1, 0.15) is 5.69 Å². The van der Waals surface area contributed by atoms with E-state index in [9.17, 15) is 9.18 Å². The number of nitrogens with zero attached hydrogens (tertiary/aromatic N) is 2. The summed E-state index contributed by atoms with van der Waals surface area (Å²) in [6.07, 6.45) is 0. The number of rotatable bonds is 3. The maximum atomic E-state index is 14.5. The highest BCUT2D eigenvalue weighted by molar-refractivity contribution is 7.17. The van der Waals surface area contributed by atoms with Crippen molar-refractivity contribution in [3.05, 3.63) is 35.1 Å². The van der Waals surface area contributed by atoms with Gasteiger partial charge >= 0.3 is 5.97 Å². The Balaban J connectivity index is 2.14. The highest BCUT2D eigenvalue weighted by Gasteiger charge is 2.22. The molecule has 0 amide bonds. The van der Waals surface area contributed by atoms with Gasteiger partial charge in [-0.1, -0.05) is 6.07 Å². The van der Waals surface area contributed by atoms with Crippen molar-refractivity contribution >= 4 is 27.4 Å². The van der Waals surface area contributed by atoms with Gasteiger partial charge in [0.2, 0.25) is 0 Å². The Morgan fingerprint density at radius 3 is 3.05 bits per heavy atom.